The quantitative estimate of drug-likeness (QED) is 0.727. The van der Waals surface area contributed by atoms with Crippen LogP contribution < -0.4 is 4.74 Å². The summed E-state index contributed by atoms with van der Waals surface area (Å²) in [6.45, 7) is 0.314. The molecule has 0 amide bonds. The van der Waals surface area contributed by atoms with Crippen molar-refractivity contribution in [2.45, 2.75) is 6.61 Å². The number of fused-ring (bicyclic) bond motifs is 1. The highest BCUT2D eigenvalue weighted by atomic mass is 35.5. The summed E-state index contributed by atoms with van der Waals surface area (Å²) in [6, 6.07) is 15.3. The van der Waals surface area contributed by atoms with E-state index < -0.39 is 0 Å². The molecule has 3 nitrogen and oxygen atoms in total. The van der Waals surface area contributed by atoms with E-state index in [0.29, 0.717) is 22.9 Å². The lowest BCUT2D eigenvalue weighted by molar-refractivity contribution is 0.306. The molecule has 0 saturated heterocycles. The molecule has 0 aliphatic rings. The van der Waals surface area contributed by atoms with Gasteiger partial charge in [-0.1, -0.05) is 29.8 Å². The number of halogens is 1. The number of benzene rings is 1. The molecule has 20 heavy (non-hydrogen) atoms. The Hall–Kier alpha value is -2.44. The number of hydrogen-bond donors (Lipinski definition) is 0. The summed E-state index contributed by atoms with van der Waals surface area (Å²) in [5.41, 5.74) is 2.36. The molecule has 1 aromatic carbocycles. The third-order valence-corrected chi connectivity index (χ3v) is 3.41. The minimum atomic E-state index is 0.314. The van der Waals surface area contributed by atoms with E-state index in [1.807, 2.05) is 53.2 Å². The topological polar surface area (TPSA) is 37.4 Å². The highest BCUT2D eigenvalue weighted by molar-refractivity contribution is 6.32. The zero-order valence-corrected chi connectivity index (χ0v) is 11.3. The molecule has 0 spiro atoms. The largest absolute Gasteiger partial charge is 0.487 e. The minimum absolute atomic E-state index is 0.314. The van der Waals surface area contributed by atoms with E-state index in [1.165, 1.54) is 0 Å². The van der Waals surface area contributed by atoms with E-state index in [0.717, 1.165) is 11.1 Å². The van der Waals surface area contributed by atoms with Crippen LogP contribution in [0, 0.1) is 11.3 Å². The fourth-order valence-electron chi connectivity index (χ4n) is 2.13. The third kappa shape index (κ3) is 2.22. The van der Waals surface area contributed by atoms with Gasteiger partial charge in [0, 0.05) is 18.0 Å². The Morgan fingerprint density at radius 1 is 1.15 bits per heavy atom. The van der Waals surface area contributed by atoms with E-state index in [1.54, 1.807) is 6.07 Å². The molecule has 3 aromatic rings. The second-order valence-electron chi connectivity index (χ2n) is 4.35. The number of rotatable bonds is 3. The lowest BCUT2D eigenvalue weighted by Crippen LogP contribution is -1.96. The number of aromatic nitrogens is 1. The predicted molar refractivity (Wildman–Crippen MR) is 77.9 cm³/mol. The van der Waals surface area contributed by atoms with Crippen LogP contribution in [0.4, 0.5) is 0 Å². The van der Waals surface area contributed by atoms with E-state index in [2.05, 4.69) is 6.07 Å². The standard InChI is InChI=1S/C16H11ClN2O/c17-14-5-1-2-7-16(14)20-11-12-10-19-8-4-3-6-15(19)13(12)9-18/h1-8,10H,11H2. The maximum Gasteiger partial charge on any atom is 0.138 e. The summed E-state index contributed by atoms with van der Waals surface area (Å²) in [5.74, 6) is 0.619. The maximum absolute atomic E-state index is 9.31. The van der Waals surface area contributed by atoms with Crippen LogP contribution in [0.1, 0.15) is 11.1 Å². The number of para-hydroxylation sites is 1. The molecule has 0 atom stereocenters. The van der Waals surface area contributed by atoms with E-state index >= 15 is 0 Å². The van der Waals surface area contributed by atoms with E-state index in [9.17, 15) is 5.26 Å². The smallest absolute Gasteiger partial charge is 0.138 e. The monoisotopic (exact) mass is 282 g/mol. The Labute approximate surface area is 121 Å². The molecular formula is C16H11ClN2O. The summed E-state index contributed by atoms with van der Waals surface area (Å²) in [6.07, 6.45) is 3.82. The second kappa shape index (κ2) is 5.28. The Balaban J connectivity index is 1.92. The lowest BCUT2D eigenvalue weighted by atomic mass is 10.2. The zero-order chi connectivity index (χ0) is 13.9. The first-order valence-corrected chi connectivity index (χ1v) is 6.53. The van der Waals surface area contributed by atoms with Gasteiger partial charge in [-0.05, 0) is 24.3 Å². The molecule has 0 bridgehead atoms. The molecule has 98 valence electrons. The van der Waals surface area contributed by atoms with Gasteiger partial charge in [0.25, 0.3) is 0 Å². The van der Waals surface area contributed by atoms with Gasteiger partial charge in [-0.15, -0.1) is 0 Å². The number of nitrogens with zero attached hydrogens (tertiary/aromatic N) is 2. The van der Waals surface area contributed by atoms with Crippen LogP contribution in [-0.2, 0) is 6.61 Å². The molecule has 0 radical (unpaired) electrons. The Morgan fingerprint density at radius 3 is 2.75 bits per heavy atom. The van der Waals surface area contributed by atoms with Crippen LogP contribution in [0.3, 0.4) is 0 Å². The van der Waals surface area contributed by atoms with Crippen molar-refractivity contribution in [2.75, 3.05) is 0 Å². The normalized spacial score (nSPS) is 10.4. The molecular weight excluding hydrogens is 272 g/mol. The van der Waals surface area contributed by atoms with Crippen molar-refractivity contribution in [1.82, 2.24) is 4.40 Å². The van der Waals surface area contributed by atoms with Gasteiger partial charge < -0.3 is 9.14 Å². The summed E-state index contributed by atoms with van der Waals surface area (Å²) >= 11 is 6.05. The molecule has 0 saturated carbocycles. The SMILES string of the molecule is N#Cc1c(COc2ccccc2Cl)cn2ccccc12. The number of pyridine rings is 1. The lowest BCUT2D eigenvalue weighted by Gasteiger charge is -2.06. The average Bonchev–Trinajstić information content (AvgIpc) is 2.84. The van der Waals surface area contributed by atoms with Crippen molar-refractivity contribution in [3.05, 3.63) is 71.0 Å². The van der Waals surface area contributed by atoms with Crippen molar-refractivity contribution in [3.63, 3.8) is 0 Å². The fourth-order valence-corrected chi connectivity index (χ4v) is 2.32. The molecule has 3 rings (SSSR count). The first kappa shape index (κ1) is 12.6. The van der Waals surface area contributed by atoms with Crippen molar-refractivity contribution < 1.29 is 4.74 Å². The van der Waals surface area contributed by atoms with Gasteiger partial charge in [0.05, 0.1) is 16.1 Å². The summed E-state index contributed by atoms with van der Waals surface area (Å²) in [5, 5.41) is 9.88. The Bertz CT molecular complexity index is 802. The molecule has 2 aromatic heterocycles. The average molecular weight is 283 g/mol. The van der Waals surface area contributed by atoms with E-state index in [4.69, 9.17) is 16.3 Å². The van der Waals surface area contributed by atoms with Crippen molar-refractivity contribution in [2.24, 2.45) is 0 Å². The molecule has 0 aliphatic heterocycles. The van der Waals surface area contributed by atoms with Crippen molar-refractivity contribution >= 4 is 17.1 Å². The van der Waals surface area contributed by atoms with Gasteiger partial charge in [-0.25, -0.2) is 0 Å². The Morgan fingerprint density at radius 2 is 1.95 bits per heavy atom. The van der Waals surface area contributed by atoms with Crippen LogP contribution in [0.2, 0.25) is 5.02 Å². The van der Waals surface area contributed by atoms with Crippen LogP contribution >= 0.6 is 11.6 Å². The number of nitriles is 1. The van der Waals surface area contributed by atoms with Gasteiger partial charge in [-0.3, -0.25) is 0 Å². The molecule has 0 fully saturated rings. The van der Waals surface area contributed by atoms with Crippen molar-refractivity contribution in [3.8, 4) is 11.8 Å². The van der Waals surface area contributed by atoms with Crippen LogP contribution in [-0.4, -0.2) is 4.40 Å². The van der Waals surface area contributed by atoms with Crippen LogP contribution in [0.15, 0.2) is 54.9 Å². The van der Waals surface area contributed by atoms with Gasteiger partial charge >= 0.3 is 0 Å². The summed E-state index contributed by atoms with van der Waals surface area (Å²) in [4.78, 5) is 0. The first-order valence-electron chi connectivity index (χ1n) is 6.15. The summed E-state index contributed by atoms with van der Waals surface area (Å²) < 4.78 is 7.62. The van der Waals surface area contributed by atoms with Gasteiger partial charge in [0.2, 0.25) is 0 Å². The zero-order valence-electron chi connectivity index (χ0n) is 10.6. The highest BCUT2D eigenvalue weighted by Gasteiger charge is 2.11. The molecule has 2 heterocycles. The van der Waals surface area contributed by atoms with Gasteiger partial charge in [0.1, 0.15) is 18.4 Å². The molecule has 0 N–H and O–H groups in total. The predicted octanol–water partition coefficient (Wildman–Crippen LogP) is 4.04. The summed E-state index contributed by atoms with van der Waals surface area (Å²) in [7, 11) is 0. The minimum Gasteiger partial charge on any atom is -0.487 e. The second-order valence-corrected chi connectivity index (χ2v) is 4.76. The number of ether oxygens (including phenoxy) is 1. The van der Waals surface area contributed by atoms with Crippen LogP contribution in [0.5, 0.6) is 5.75 Å². The Kier molecular flexibility index (Phi) is 3.32. The highest BCUT2D eigenvalue weighted by Crippen LogP contribution is 2.25. The maximum atomic E-state index is 9.31. The van der Waals surface area contributed by atoms with Crippen molar-refractivity contribution in [1.29, 1.82) is 5.26 Å². The van der Waals surface area contributed by atoms with E-state index in [-0.39, 0.29) is 0 Å². The molecule has 4 heteroatoms. The van der Waals surface area contributed by atoms with Gasteiger partial charge in [-0.2, -0.15) is 5.26 Å². The van der Waals surface area contributed by atoms with Gasteiger partial charge in [0.15, 0.2) is 0 Å². The van der Waals surface area contributed by atoms with Crippen LogP contribution in [0.25, 0.3) is 5.52 Å². The third-order valence-electron chi connectivity index (χ3n) is 3.09. The fraction of sp³-hybridized carbons (Fsp3) is 0.0625. The molecule has 0 aliphatic carbocycles. The molecule has 0 unspecified atom stereocenters. The number of hydrogen-bond acceptors (Lipinski definition) is 2. The first-order chi connectivity index (χ1) is 9.79.